The van der Waals surface area contributed by atoms with Crippen molar-refractivity contribution in [2.45, 2.75) is 33.1 Å². The van der Waals surface area contributed by atoms with Crippen LogP contribution in [0.1, 0.15) is 41.6 Å². The van der Waals surface area contributed by atoms with Crippen molar-refractivity contribution in [2.75, 3.05) is 18.0 Å². The van der Waals surface area contributed by atoms with E-state index in [9.17, 15) is 4.79 Å². The normalized spacial score (nSPS) is 13.6. The Balaban J connectivity index is 1.95. The van der Waals surface area contributed by atoms with Crippen LogP contribution in [0.15, 0.2) is 30.3 Å². The molecule has 2 aromatic rings. The van der Waals surface area contributed by atoms with Gasteiger partial charge in [-0.1, -0.05) is 25.1 Å². The molecule has 0 atom stereocenters. The quantitative estimate of drug-likeness (QED) is 0.943. The molecule has 0 fully saturated rings. The number of rotatable bonds is 4. The fraction of sp³-hybridized carbons (Fsp3) is 0.389. The topological polar surface area (TPSA) is 58.1 Å². The highest BCUT2D eigenvalue weighted by Crippen LogP contribution is 2.32. The Hall–Kier alpha value is -2.43. The molecule has 0 bridgehead atoms. The van der Waals surface area contributed by atoms with Crippen LogP contribution in [0.2, 0.25) is 0 Å². The number of para-hydroxylation sites is 1. The largest absolute Gasteiger partial charge is 0.351 e. The van der Waals surface area contributed by atoms with Crippen LogP contribution in [-0.4, -0.2) is 29.0 Å². The summed E-state index contributed by atoms with van der Waals surface area (Å²) < 4.78 is 0. The first-order valence-corrected chi connectivity index (χ1v) is 8.18. The highest BCUT2D eigenvalue weighted by atomic mass is 16.1. The summed E-state index contributed by atoms with van der Waals surface area (Å²) in [5, 5.41) is 2.88. The smallest absolute Gasteiger partial charge is 0.270 e. The van der Waals surface area contributed by atoms with Crippen LogP contribution >= 0.6 is 0 Å². The average molecular weight is 310 g/mol. The molecule has 3 rings (SSSR count). The first kappa shape index (κ1) is 15.5. The van der Waals surface area contributed by atoms with Gasteiger partial charge in [0.15, 0.2) is 0 Å². The van der Waals surface area contributed by atoms with Crippen molar-refractivity contribution in [3.63, 3.8) is 0 Å². The number of aromatic nitrogens is 2. The zero-order valence-corrected chi connectivity index (χ0v) is 13.7. The van der Waals surface area contributed by atoms with Gasteiger partial charge in [-0.25, -0.2) is 9.97 Å². The van der Waals surface area contributed by atoms with Crippen molar-refractivity contribution in [2.24, 2.45) is 0 Å². The van der Waals surface area contributed by atoms with E-state index in [-0.39, 0.29) is 5.91 Å². The first-order valence-electron chi connectivity index (χ1n) is 8.18. The van der Waals surface area contributed by atoms with Crippen molar-refractivity contribution in [3.05, 3.63) is 47.4 Å². The summed E-state index contributed by atoms with van der Waals surface area (Å²) in [6, 6.07) is 10.2. The van der Waals surface area contributed by atoms with Gasteiger partial charge in [0.25, 0.3) is 5.91 Å². The van der Waals surface area contributed by atoms with E-state index in [0.717, 1.165) is 31.6 Å². The van der Waals surface area contributed by atoms with Crippen LogP contribution in [0.5, 0.6) is 0 Å². The molecule has 0 spiro atoms. The van der Waals surface area contributed by atoms with E-state index >= 15 is 0 Å². The molecule has 0 unspecified atom stereocenters. The highest BCUT2D eigenvalue weighted by molar-refractivity contribution is 5.93. The van der Waals surface area contributed by atoms with Crippen LogP contribution < -0.4 is 10.2 Å². The molecule has 1 aliphatic heterocycles. The fourth-order valence-electron chi connectivity index (χ4n) is 2.91. The van der Waals surface area contributed by atoms with Crippen LogP contribution in [0.4, 0.5) is 11.5 Å². The number of anilines is 2. The van der Waals surface area contributed by atoms with Crippen molar-refractivity contribution in [3.8, 4) is 0 Å². The van der Waals surface area contributed by atoms with Crippen LogP contribution in [0.25, 0.3) is 0 Å². The van der Waals surface area contributed by atoms with Crippen LogP contribution in [-0.2, 0) is 6.42 Å². The fourth-order valence-corrected chi connectivity index (χ4v) is 2.91. The summed E-state index contributed by atoms with van der Waals surface area (Å²) in [5.74, 6) is 1.28. The maximum Gasteiger partial charge on any atom is 0.270 e. The molecule has 0 radical (unpaired) electrons. The minimum Gasteiger partial charge on any atom is -0.351 e. The number of carbonyl (C=O) groups is 1. The molecule has 120 valence electrons. The summed E-state index contributed by atoms with van der Waals surface area (Å²) in [6.45, 7) is 5.42. The SMILES string of the molecule is CCCNC(=O)c1cc(N2CCCc3ccccc32)nc(C)n1. The average Bonchev–Trinajstić information content (AvgIpc) is 2.58. The Bertz CT molecular complexity index is 714. The number of amides is 1. The third-order valence-corrected chi connectivity index (χ3v) is 3.98. The molecule has 1 amide bonds. The van der Waals surface area contributed by atoms with Gasteiger partial charge in [0.05, 0.1) is 0 Å². The predicted molar refractivity (Wildman–Crippen MR) is 91.2 cm³/mol. The third-order valence-electron chi connectivity index (χ3n) is 3.98. The van der Waals surface area contributed by atoms with E-state index in [0.29, 0.717) is 18.1 Å². The maximum atomic E-state index is 12.2. The van der Waals surface area contributed by atoms with E-state index in [1.165, 1.54) is 11.3 Å². The molecule has 0 aliphatic carbocycles. The Morgan fingerprint density at radius 1 is 1.30 bits per heavy atom. The van der Waals surface area contributed by atoms with Crippen LogP contribution in [0.3, 0.4) is 0 Å². The van der Waals surface area contributed by atoms with E-state index in [2.05, 4.69) is 38.4 Å². The van der Waals surface area contributed by atoms with E-state index < -0.39 is 0 Å². The lowest BCUT2D eigenvalue weighted by Crippen LogP contribution is -2.28. The lowest BCUT2D eigenvalue weighted by Gasteiger charge is -2.30. The Kier molecular flexibility index (Phi) is 4.55. The number of hydrogen-bond donors (Lipinski definition) is 1. The molecule has 1 aromatic carbocycles. The van der Waals surface area contributed by atoms with Gasteiger partial charge >= 0.3 is 0 Å². The zero-order chi connectivity index (χ0) is 16.2. The molecule has 5 heteroatoms. The summed E-state index contributed by atoms with van der Waals surface area (Å²) >= 11 is 0. The molecular formula is C18H22N4O. The lowest BCUT2D eigenvalue weighted by atomic mass is 10.0. The highest BCUT2D eigenvalue weighted by Gasteiger charge is 2.20. The van der Waals surface area contributed by atoms with Gasteiger partial charge in [-0.05, 0) is 37.8 Å². The number of hydrogen-bond acceptors (Lipinski definition) is 4. The van der Waals surface area contributed by atoms with Crippen molar-refractivity contribution < 1.29 is 4.79 Å². The van der Waals surface area contributed by atoms with Gasteiger partial charge in [-0.15, -0.1) is 0 Å². The standard InChI is InChI=1S/C18H22N4O/c1-3-10-19-18(23)15-12-17(21-13(2)20-15)22-11-6-8-14-7-4-5-9-16(14)22/h4-5,7,9,12H,3,6,8,10-11H2,1-2H3,(H,19,23). The van der Waals surface area contributed by atoms with Gasteiger partial charge in [0, 0.05) is 24.8 Å². The van der Waals surface area contributed by atoms with Gasteiger partial charge in [0.1, 0.15) is 17.3 Å². The number of benzene rings is 1. The number of carbonyl (C=O) groups excluding carboxylic acids is 1. The molecule has 23 heavy (non-hydrogen) atoms. The Morgan fingerprint density at radius 3 is 2.96 bits per heavy atom. The molecule has 1 aliphatic rings. The van der Waals surface area contributed by atoms with E-state index in [1.807, 2.05) is 19.9 Å². The molecule has 2 heterocycles. The predicted octanol–water partition coefficient (Wildman–Crippen LogP) is 3.01. The zero-order valence-electron chi connectivity index (χ0n) is 13.7. The third kappa shape index (κ3) is 3.33. The summed E-state index contributed by atoms with van der Waals surface area (Å²) in [5.41, 5.74) is 2.94. The van der Waals surface area contributed by atoms with E-state index in [1.54, 1.807) is 6.07 Å². The maximum absolute atomic E-state index is 12.2. The van der Waals surface area contributed by atoms with Gasteiger partial charge in [0.2, 0.25) is 0 Å². The Labute approximate surface area is 136 Å². The van der Waals surface area contributed by atoms with Gasteiger partial charge < -0.3 is 10.2 Å². The molecule has 0 saturated heterocycles. The summed E-state index contributed by atoms with van der Waals surface area (Å²) in [7, 11) is 0. The molecular weight excluding hydrogens is 288 g/mol. The van der Waals surface area contributed by atoms with E-state index in [4.69, 9.17) is 0 Å². The summed E-state index contributed by atoms with van der Waals surface area (Å²) in [4.78, 5) is 23.2. The summed E-state index contributed by atoms with van der Waals surface area (Å²) in [6.07, 6.45) is 3.07. The molecule has 1 aromatic heterocycles. The minimum atomic E-state index is -0.135. The second-order valence-electron chi connectivity index (χ2n) is 5.80. The number of fused-ring (bicyclic) bond motifs is 1. The van der Waals surface area contributed by atoms with Crippen molar-refractivity contribution in [1.29, 1.82) is 0 Å². The first-order chi connectivity index (χ1) is 11.2. The van der Waals surface area contributed by atoms with Crippen LogP contribution in [0, 0.1) is 6.92 Å². The minimum absolute atomic E-state index is 0.135. The van der Waals surface area contributed by atoms with Crippen molar-refractivity contribution >= 4 is 17.4 Å². The monoisotopic (exact) mass is 310 g/mol. The number of nitrogens with zero attached hydrogens (tertiary/aromatic N) is 3. The lowest BCUT2D eigenvalue weighted by molar-refractivity contribution is 0.0948. The number of nitrogens with one attached hydrogen (secondary N) is 1. The van der Waals surface area contributed by atoms with Gasteiger partial charge in [-0.2, -0.15) is 0 Å². The molecule has 1 N–H and O–H groups in total. The number of aryl methyl sites for hydroxylation is 2. The second-order valence-corrected chi connectivity index (χ2v) is 5.80. The molecule has 5 nitrogen and oxygen atoms in total. The second kappa shape index (κ2) is 6.77. The molecule has 0 saturated carbocycles. The Morgan fingerprint density at radius 2 is 2.13 bits per heavy atom. The van der Waals surface area contributed by atoms with Gasteiger partial charge in [-0.3, -0.25) is 4.79 Å². The van der Waals surface area contributed by atoms with Crippen molar-refractivity contribution in [1.82, 2.24) is 15.3 Å².